The first-order chi connectivity index (χ1) is 14.7. The van der Waals surface area contributed by atoms with Crippen LogP contribution in [-0.2, 0) is 16.1 Å². The van der Waals surface area contributed by atoms with Gasteiger partial charge in [-0.05, 0) is 74.4 Å². The van der Waals surface area contributed by atoms with Crippen molar-refractivity contribution < 1.29 is 18.8 Å². The second-order valence-electron chi connectivity index (χ2n) is 8.32. The van der Waals surface area contributed by atoms with Crippen molar-refractivity contribution in [3.63, 3.8) is 0 Å². The molecule has 0 aliphatic carbocycles. The van der Waals surface area contributed by atoms with Gasteiger partial charge < -0.3 is 15.5 Å². The molecule has 0 radical (unpaired) electrons. The van der Waals surface area contributed by atoms with Crippen LogP contribution in [0.25, 0.3) is 0 Å². The minimum absolute atomic E-state index is 0.0367. The quantitative estimate of drug-likeness (QED) is 0.338. The van der Waals surface area contributed by atoms with Gasteiger partial charge in [-0.15, -0.1) is 0 Å². The smallest absolute Gasteiger partial charge is 0.365 e. The number of nitrogens with zero attached hydrogens (tertiary/aromatic N) is 2. The summed E-state index contributed by atoms with van der Waals surface area (Å²) in [7, 11) is 0. The minimum Gasteiger partial charge on any atom is -0.385 e. The maximum Gasteiger partial charge on any atom is 0.365 e. The van der Waals surface area contributed by atoms with Gasteiger partial charge in [-0.3, -0.25) is 4.79 Å². The minimum atomic E-state index is -0.613. The predicted octanol–water partition coefficient (Wildman–Crippen LogP) is 4.12. The number of carbonyl (C=O) groups excluding carboxylic acids is 2. The molecule has 0 saturated carbocycles. The first-order valence-corrected chi connectivity index (χ1v) is 10.3. The average molecular weight is 426 g/mol. The number of oxime groups is 1. The van der Waals surface area contributed by atoms with Crippen molar-refractivity contribution in [2.45, 2.75) is 40.5 Å². The Labute approximate surface area is 181 Å². The normalized spacial score (nSPS) is 19.5. The number of halogens is 1. The van der Waals surface area contributed by atoms with E-state index < -0.39 is 5.97 Å². The fourth-order valence-corrected chi connectivity index (χ4v) is 4.28. The predicted molar refractivity (Wildman–Crippen MR) is 118 cm³/mol. The van der Waals surface area contributed by atoms with E-state index in [-0.39, 0.29) is 29.4 Å². The van der Waals surface area contributed by atoms with Crippen molar-refractivity contribution in [3.8, 4) is 0 Å². The van der Waals surface area contributed by atoms with E-state index in [4.69, 9.17) is 10.6 Å². The average Bonchev–Trinajstić information content (AvgIpc) is 2.70. The number of nitrogens with two attached hydrogens (primary N) is 1. The summed E-state index contributed by atoms with van der Waals surface area (Å²) in [6, 6.07) is 10.1. The van der Waals surface area contributed by atoms with E-state index in [1.165, 1.54) is 13.0 Å². The standard InChI is InChI=1S/C24H28FN3O3/c1-14-10-20(24(30)31-27-17(4)26)11-15(2)22(14)28-13-18(9-16(3)23(28)29)12-19-7-5-6-8-21(19)25/h5-8,10-11,16,18H,9,12-13H2,1-4H3,(H2,26,27)/t16-,18-/m1/s1. The Morgan fingerprint density at radius 3 is 2.52 bits per heavy atom. The maximum atomic E-state index is 14.2. The second-order valence-corrected chi connectivity index (χ2v) is 8.32. The van der Waals surface area contributed by atoms with Gasteiger partial charge in [0.25, 0.3) is 0 Å². The number of anilines is 1. The molecule has 2 aromatic carbocycles. The summed E-state index contributed by atoms with van der Waals surface area (Å²) in [6.07, 6.45) is 1.28. The lowest BCUT2D eigenvalue weighted by atomic mass is 9.84. The van der Waals surface area contributed by atoms with Gasteiger partial charge in [0.2, 0.25) is 5.91 Å². The molecule has 0 aromatic heterocycles. The molecule has 3 rings (SSSR count). The molecule has 1 amide bonds. The van der Waals surface area contributed by atoms with Gasteiger partial charge in [-0.2, -0.15) is 0 Å². The van der Waals surface area contributed by atoms with Gasteiger partial charge in [0.05, 0.1) is 5.56 Å². The third-order valence-corrected chi connectivity index (χ3v) is 5.55. The van der Waals surface area contributed by atoms with Gasteiger partial charge in [-0.1, -0.05) is 30.3 Å². The van der Waals surface area contributed by atoms with Crippen LogP contribution in [0.3, 0.4) is 0 Å². The molecule has 0 unspecified atom stereocenters. The monoisotopic (exact) mass is 425 g/mol. The third kappa shape index (κ3) is 5.10. The van der Waals surface area contributed by atoms with Crippen molar-refractivity contribution in [2.24, 2.45) is 22.7 Å². The number of carbonyl (C=O) groups is 2. The lowest BCUT2D eigenvalue weighted by Gasteiger charge is -2.38. The Bertz CT molecular complexity index is 1010. The molecule has 2 N–H and O–H groups in total. The topological polar surface area (TPSA) is 85.0 Å². The number of rotatable bonds is 5. The number of hydrogen-bond donors (Lipinski definition) is 1. The Kier molecular flexibility index (Phi) is 6.73. The molecule has 7 heteroatoms. The van der Waals surface area contributed by atoms with Crippen LogP contribution in [0.4, 0.5) is 10.1 Å². The van der Waals surface area contributed by atoms with Gasteiger partial charge in [-0.25, -0.2) is 9.18 Å². The van der Waals surface area contributed by atoms with E-state index >= 15 is 0 Å². The number of amides is 1. The molecule has 1 heterocycles. The van der Waals surface area contributed by atoms with Crippen molar-refractivity contribution >= 4 is 23.4 Å². The number of aryl methyl sites for hydroxylation is 2. The zero-order chi connectivity index (χ0) is 22.7. The van der Waals surface area contributed by atoms with Gasteiger partial charge in [0, 0.05) is 18.2 Å². The highest BCUT2D eigenvalue weighted by molar-refractivity contribution is 5.98. The largest absolute Gasteiger partial charge is 0.385 e. The maximum absolute atomic E-state index is 14.2. The molecule has 1 aliphatic heterocycles. The summed E-state index contributed by atoms with van der Waals surface area (Å²) in [4.78, 5) is 31.9. The van der Waals surface area contributed by atoms with Gasteiger partial charge >= 0.3 is 5.97 Å². The van der Waals surface area contributed by atoms with E-state index in [1.54, 1.807) is 29.2 Å². The van der Waals surface area contributed by atoms with Crippen molar-refractivity contribution in [1.29, 1.82) is 0 Å². The van der Waals surface area contributed by atoms with Crippen LogP contribution in [0.15, 0.2) is 41.6 Å². The van der Waals surface area contributed by atoms with E-state index in [2.05, 4.69) is 5.16 Å². The van der Waals surface area contributed by atoms with E-state index in [0.717, 1.165) is 16.8 Å². The fourth-order valence-electron chi connectivity index (χ4n) is 4.28. The Morgan fingerprint density at radius 1 is 1.26 bits per heavy atom. The summed E-state index contributed by atoms with van der Waals surface area (Å²) < 4.78 is 14.2. The molecule has 6 nitrogen and oxygen atoms in total. The highest BCUT2D eigenvalue weighted by atomic mass is 19.1. The molecule has 1 saturated heterocycles. The molecular formula is C24H28FN3O3. The number of benzene rings is 2. The van der Waals surface area contributed by atoms with E-state index in [9.17, 15) is 14.0 Å². The van der Waals surface area contributed by atoms with Crippen LogP contribution >= 0.6 is 0 Å². The van der Waals surface area contributed by atoms with Gasteiger partial charge in [0.1, 0.15) is 11.7 Å². The second kappa shape index (κ2) is 9.29. The highest BCUT2D eigenvalue weighted by Crippen LogP contribution is 2.34. The third-order valence-electron chi connectivity index (χ3n) is 5.55. The summed E-state index contributed by atoms with van der Waals surface area (Å²) in [5, 5.41) is 3.50. The zero-order valence-electron chi connectivity index (χ0n) is 18.3. The van der Waals surface area contributed by atoms with Crippen molar-refractivity contribution in [2.75, 3.05) is 11.4 Å². The van der Waals surface area contributed by atoms with E-state index in [0.29, 0.717) is 30.5 Å². The molecule has 0 spiro atoms. The SMILES string of the molecule is CC(N)=NOC(=O)c1cc(C)c(N2C[C@@H](Cc3ccccc3F)C[C@@H](C)C2=O)c(C)c1. The molecule has 2 aromatic rings. The van der Waals surface area contributed by atoms with Crippen LogP contribution in [0.5, 0.6) is 0 Å². The lowest BCUT2D eigenvalue weighted by molar-refractivity contribution is -0.124. The van der Waals surface area contributed by atoms with Crippen LogP contribution in [0, 0.1) is 31.5 Å². The Morgan fingerprint density at radius 2 is 1.90 bits per heavy atom. The Hall–Kier alpha value is -3.22. The number of hydrogen-bond acceptors (Lipinski definition) is 4. The Balaban J connectivity index is 1.87. The lowest BCUT2D eigenvalue weighted by Crippen LogP contribution is -2.46. The van der Waals surface area contributed by atoms with E-state index in [1.807, 2.05) is 26.8 Å². The van der Waals surface area contributed by atoms with Crippen LogP contribution in [0.1, 0.15) is 47.3 Å². The molecule has 1 fully saturated rings. The highest BCUT2D eigenvalue weighted by Gasteiger charge is 2.34. The molecule has 164 valence electrons. The number of amidine groups is 1. The number of piperidine rings is 1. The molecule has 2 atom stereocenters. The van der Waals surface area contributed by atoms with Crippen molar-refractivity contribution in [3.05, 3.63) is 64.5 Å². The van der Waals surface area contributed by atoms with Gasteiger partial charge in [0.15, 0.2) is 0 Å². The zero-order valence-corrected chi connectivity index (χ0v) is 18.3. The first-order valence-electron chi connectivity index (χ1n) is 10.3. The first kappa shape index (κ1) is 22.5. The molecule has 1 aliphatic rings. The van der Waals surface area contributed by atoms with Crippen LogP contribution < -0.4 is 10.6 Å². The van der Waals surface area contributed by atoms with Crippen molar-refractivity contribution in [1.82, 2.24) is 0 Å². The summed E-state index contributed by atoms with van der Waals surface area (Å²) >= 11 is 0. The summed E-state index contributed by atoms with van der Waals surface area (Å²) in [5.41, 5.74) is 8.76. The summed E-state index contributed by atoms with van der Waals surface area (Å²) in [6.45, 7) is 7.64. The van der Waals surface area contributed by atoms with Crippen LogP contribution in [0.2, 0.25) is 0 Å². The summed E-state index contributed by atoms with van der Waals surface area (Å²) in [5.74, 6) is -0.685. The molecular weight excluding hydrogens is 397 g/mol. The van der Waals surface area contributed by atoms with Crippen LogP contribution in [-0.4, -0.2) is 24.3 Å². The molecule has 0 bridgehead atoms. The fraction of sp³-hybridized carbons (Fsp3) is 0.375. The molecule has 31 heavy (non-hydrogen) atoms.